The van der Waals surface area contributed by atoms with E-state index in [1.807, 2.05) is 26.0 Å². The molecule has 0 aliphatic rings. The van der Waals surface area contributed by atoms with Crippen molar-refractivity contribution in [2.24, 2.45) is 0 Å². The lowest BCUT2D eigenvalue weighted by Crippen LogP contribution is -2.00. The van der Waals surface area contributed by atoms with E-state index in [0.717, 1.165) is 12.1 Å². The van der Waals surface area contributed by atoms with Crippen molar-refractivity contribution in [1.29, 1.82) is 0 Å². The van der Waals surface area contributed by atoms with E-state index in [0.29, 0.717) is 5.56 Å². The maximum atomic E-state index is 12.9. The third-order valence-electron chi connectivity index (χ3n) is 2.10. The van der Waals surface area contributed by atoms with E-state index in [4.69, 9.17) is 5.73 Å². The molecule has 76 valence electrons. The Labute approximate surface area is 82.2 Å². The molecule has 1 nitrogen and oxygen atoms in total. The van der Waals surface area contributed by atoms with E-state index >= 15 is 0 Å². The molecule has 1 aromatic rings. The highest BCUT2D eigenvalue weighted by molar-refractivity contribution is 5.50. The predicted octanol–water partition coefficient (Wildman–Crippen LogP) is 3.23. The monoisotopic (exact) mass is 197 g/mol. The van der Waals surface area contributed by atoms with Crippen LogP contribution in [0.3, 0.4) is 0 Å². The van der Waals surface area contributed by atoms with Gasteiger partial charge in [-0.3, -0.25) is 0 Å². The largest absolute Gasteiger partial charge is 0.398 e. The SMILES string of the molecule is C/C=C/C(C)c1cc(F)c(F)cc1N. The molecule has 0 aliphatic heterocycles. The number of benzene rings is 1. The van der Waals surface area contributed by atoms with Gasteiger partial charge in [-0.2, -0.15) is 0 Å². The molecule has 1 unspecified atom stereocenters. The van der Waals surface area contributed by atoms with Gasteiger partial charge in [-0.05, 0) is 18.6 Å². The topological polar surface area (TPSA) is 26.0 Å². The van der Waals surface area contributed by atoms with Gasteiger partial charge >= 0.3 is 0 Å². The molecule has 0 aromatic heterocycles. The van der Waals surface area contributed by atoms with E-state index in [1.54, 1.807) is 0 Å². The number of hydrogen-bond donors (Lipinski definition) is 1. The molecule has 0 heterocycles. The van der Waals surface area contributed by atoms with Crippen LogP contribution in [0, 0.1) is 11.6 Å². The molecule has 0 fully saturated rings. The molecule has 0 saturated carbocycles. The molecule has 0 saturated heterocycles. The Morgan fingerprint density at radius 3 is 2.43 bits per heavy atom. The number of hydrogen-bond acceptors (Lipinski definition) is 1. The highest BCUT2D eigenvalue weighted by atomic mass is 19.2. The third kappa shape index (κ3) is 2.10. The molecule has 0 spiro atoms. The lowest BCUT2D eigenvalue weighted by Gasteiger charge is -2.10. The molecule has 1 aromatic carbocycles. The second-order valence-electron chi connectivity index (χ2n) is 3.21. The summed E-state index contributed by atoms with van der Waals surface area (Å²) in [6, 6.07) is 2.17. The van der Waals surface area contributed by atoms with Crippen LogP contribution in [0.4, 0.5) is 14.5 Å². The molecule has 0 bridgehead atoms. The summed E-state index contributed by atoms with van der Waals surface area (Å²) in [7, 11) is 0. The lowest BCUT2D eigenvalue weighted by molar-refractivity contribution is 0.507. The maximum absolute atomic E-state index is 12.9. The van der Waals surface area contributed by atoms with Gasteiger partial charge in [-0.1, -0.05) is 19.1 Å². The van der Waals surface area contributed by atoms with Crippen LogP contribution in [0.15, 0.2) is 24.3 Å². The first-order chi connectivity index (χ1) is 6.56. The quantitative estimate of drug-likeness (QED) is 0.571. The van der Waals surface area contributed by atoms with Crippen LogP contribution in [0.25, 0.3) is 0 Å². The summed E-state index contributed by atoms with van der Waals surface area (Å²) in [6.45, 7) is 3.75. The number of nitrogens with two attached hydrogens (primary N) is 1. The van der Waals surface area contributed by atoms with Gasteiger partial charge in [-0.25, -0.2) is 8.78 Å². The van der Waals surface area contributed by atoms with E-state index in [-0.39, 0.29) is 11.6 Å². The van der Waals surface area contributed by atoms with Crippen molar-refractivity contribution in [3.63, 3.8) is 0 Å². The van der Waals surface area contributed by atoms with Crippen LogP contribution in [0.1, 0.15) is 25.3 Å². The summed E-state index contributed by atoms with van der Waals surface area (Å²) in [5.41, 5.74) is 6.48. The first-order valence-electron chi connectivity index (χ1n) is 4.43. The van der Waals surface area contributed by atoms with Gasteiger partial charge in [0.15, 0.2) is 11.6 Å². The normalized spacial score (nSPS) is 13.4. The van der Waals surface area contributed by atoms with Gasteiger partial charge in [0.05, 0.1) is 0 Å². The van der Waals surface area contributed by atoms with Gasteiger partial charge in [0, 0.05) is 17.7 Å². The minimum absolute atomic E-state index is 0.00454. The lowest BCUT2D eigenvalue weighted by atomic mass is 9.98. The van der Waals surface area contributed by atoms with Crippen LogP contribution < -0.4 is 5.73 Å². The van der Waals surface area contributed by atoms with Crippen LogP contribution >= 0.6 is 0 Å². The molecule has 1 rings (SSSR count). The second-order valence-corrected chi connectivity index (χ2v) is 3.21. The van der Waals surface area contributed by atoms with E-state index in [9.17, 15) is 8.78 Å². The van der Waals surface area contributed by atoms with Crippen molar-refractivity contribution in [2.75, 3.05) is 5.73 Å². The van der Waals surface area contributed by atoms with Crippen molar-refractivity contribution in [2.45, 2.75) is 19.8 Å². The number of rotatable bonds is 2. The van der Waals surface area contributed by atoms with Gasteiger partial charge in [0.1, 0.15) is 0 Å². The summed E-state index contributed by atoms with van der Waals surface area (Å²) in [6.07, 6.45) is 3.73. The van der Waals surface area contributed by atoms with Crippen molar-refractivity contribution in [3.8, 4) is 0 Å². The van der Waals surface area contributed by atoms with Crippen molar-refractivity contribution < 1.29 is 8.78 Å². The van der Waals surface area contributed by atoms with Crippen LogP contribution in [-0.2, 0) is 0 Å². The average Bonchev–Trinajstić information content (AvgIpc) is 2.11. The fraction of sp³-hybridized carbons (Fsp3) is 0.273. The summed E-state index contributed by atoms with van der Waals surface area (Å²) in [5, 5.41) is 0. The van der Waals surface area contributed by atoms with Crippen molar-refractivity contribution >= 4 is 5.69 Å². The summed E-state index contributed by atoms with van der Waals surface area (Å²) < 4.78 is 25.6. The van der Waals surface area contributed by atoms with E-state index in [1.165, 1.54) is 0 Å². The molecular weight excluding hydrogens is 184 g/mol. The molecule has 0 aliphatic carbocycles. The van der Waals surface area contributed by atoms with Crippen LogP contribution in [-0.4, -0.2) is 0 Å². The molecule has 3 heteroatoms. The Morgan fingerprint density at radius 2 is 1.86 bits per heavy atom. The smallest absolute Gasteiger partial charge is 0.160 e. The molecule has 2 N–H and O–H groups in total. The number of anilines is 1. The highest BCUT2D eigenvalue weighted by Gasteiger charge is 2.10. The van der Waals surface area contributed by atoms with E-state index in [2.05, 4.69) is 0 Å². The third-order valence-corrected chi connectivity index (χ3v) is 2.10. The molecular formula is C11H13F2N. The predicted molar refractivity (Wildman–Crippen MR) is 54.0 cm³/mol. The Kier molecular flexibility index (Phi) is 3.23. The van der Waals surface area contributed by atoms with Crippen LogP contribution in [0.2, 0.25) is 0 Å². The summed E-state index contributed by atoms with van der Waals surface area (Å²) in [5.74, 6) is -1.76. The Bertz CT molecular complexity index is 359. The zero-order valence-electron chi connectivity index (χ0n) is 8.22. The van der Waals surface area contributed by atoms with Gasteiger partial charge in [0.25, 0.3) is 0 Å². The van der Waals surface area contributed by atoms with Crippen molar-refractivity contribution in [3.05, 3.63) is 41.5 Å². The van der Waals surface area contributed by atoms with Gasteiger partial charge in [0.2, 0.25) is 0 Å². The summed E-state index contributed by atoms with van der Waals surface area (Å²) >= 11 is 0. The average molecular weight is 197 g/mol. The number of halogens is 2. The molecule has 14 heavy (non-hydrogen) atoms. The summed E-state index contributed by atoms with van der Waals surface area (Å²) in [4.78, 5) is 0. The highest BCUT2D eigenvalue weighted by Crippen LogP contribution is 2.25. The van der Waals surface area contributed by atoms with Crippen molar-refractivity contribution in [1.82, 2.24) is 0 Å². The fourth-order valence-corrected chi connectivity index (χ4v) is 1.36. The maximum Gasteiger partial charge on any atom is 0.160 e. The fourth-order valence-electron chi connectivity index (χ4n) is 1.36. The van der Waals surface area contributed by atoms with E-state index < -0.39 is 11.6 Å². The standard InChI is InChI=1S/C11H13F2N/c1-3-4-7(2)8-5-9(12)10(13)6-11(8)14/h3-7H,14H2,1-2H3/b4-3+. The van der Waals surface area contributed by atoms with Crippen LogP contribution in [0.5, 0.6) is 0 Å². The first-order valence-corrected chi connectivity index (χ1v) is 4.43. The minimum Gasteiger partial charge on any atom is -0.398 e. The first kappa shape index (κ1) is 10.7. The van der Waals surface area contributed by atoms with Gasteiger partial charge in [-0.15, -0.1) is 0 Å². The Balaban J connectivity index is 3.15. The minimum atomic E-state index is -0.904. The zero-order chi connectivity index (χ0) is 10.7. The number of allylic oxidation sites excluding steroid dienone is 2. The molecule has 0 radical (unpaired) electrons. The van der Waals surface area contributed by atoms with Gasteiger partial charge < -0.3 is 5.73 Å². The molecule has 1 atom stereocenters. The Morgan fingerprint density at radius 1 is 1.29 bits per heavy atom. The molecule has 0 amide bonds. The zero-order valence-corrected chi connectivity index (χ0v) is 8.22. The Hall–Kier alpha value is -1.38. The second kappa shape index (κ2) is 4.22. The number of nitrogen functional groups attached to an aromatic ring is 1.